The monoisotopic (exact) mass is 533 g/mol. The fourth-order valence-electron chi connectivity index (χ4n) is 4.51. The molecule has 0 rings (SSSR count). The van der Waals surface area contributed by atoms with Gasteiger partial charge in [-0.25, -0.2) is 14.4 Å². The van der Waals surface area contributed by atoms with Crippen LogP contribution < -0.4 is 5.73 Å². The summed E-state index contributed by atoms with van der Waals surface area (Å²) < 4.78 is 31.4. The van der Waals surface area contributed by atoms with E-state index in [1.165, 1.54) is 25.7 Å². The van der Waals surface area contributed by atoms with E-state index in [0.717, 1.165) is 25.7 Å². The highest BCUT2D eigenvalue weighted by molar-refractivity contribution is 5.61. The Kier molecular flexibility index (Phi) is 18.6. The molecule has 0 aromatic carbocycles. The van der Waals surface area contributed by atoms with E-state index in [1.807, 2.05) is 0 Å². The number of hydrogen-bond donors (Lipinski definition) is 1. The van der Waals surface area contributed by atoms with E-state index in [4.69, 9.17) is 34.2 Å². The number of rotatable bonds is 19. The molecule has 0 aliphatic carbocycles. The van der Waals surface area contributed by atoms with Gasteiger partial charge in [-0.05, 0) is 48.0 Å². The predicted octanol–water partition coefficient (Wildman–Crippen LogP) is 6.52. The highest BCUT2D eigenvalue weighted by Crippen LogP contribution is 2.35. The molecule has 0 saturated carbocycles. The Hall–Kier alpha value is -2.23. The van der Waals surface area contributed by atoms with E-state index in [1.54, 1.807) is 41.5 Å². The van der Waals surface area contributed by atoms with E-state index in [-0.39, 0.29) is 19.8 Å². The molecule has 0 aliphatic heterocycles. The second-order valence-electron chi connectivity index (χ2n) is 9.26. The number of nitrogens with two attached hydrogens (primary N) is 1. The van der Waals surface area contributed by atoms with E-state index in [0.29, 0.717) is 6.42 Å². The normalized spacial score (nSPS) is 15.9. The van der Waals surface area contributed by atoms with Crippen LogP contribution >= 0.6 is 0 Å². The molecule has 0 bridgehead atoms. The number of carbonyl (C=O) groups excluding carboxylic acids is 3. The topological polar surface area (TPSA) is 133 Å². The molecule has 0 aliphatic rings. The zero-order valence-electron chi connectivity index (χ0n) is 24.0. The van der Waals surface area contributed by atoms with Crippen LogP contribution in [0.4, 0.5) is 14.4 Å². The van der Waals surface area contributed by atoms with Gasteiger partial charge in [0.15, 0.2) is 0 Å². The second-order valence-corrected chi connectivity index (χ2v) is 9.26. The molecule has 0 radical (unpaired) electrons. The lowest BCUT2D eigenvalue weighted by atomic mass is 9.71. The Morgan fingerprint density at radius 3 is 1.41 bits per heavy atom. The Morgan fingerprint density at radius 2 is 1.00 bits per heavy atom. The van der Waals surface area contributed by atoms with Gasteiger partial charge in [-0.3, -0.25) is 0 Å². The van der Waals surface area contributed by atoms with Gasteiger partial charge in [0.25, 0.3) is 0 Å². The minimum absolute atomic E-state index is 0.127. The van der Waals surface area contributed by atoms with Crippen LogP contribution in [0.5, 0.6) is 0 Å². The zero-order valence-corrected chi connectivity index (χ0v) is 24.0. The molecule has 0 fully saturated rings. The van der Waals surface area contributed by atoms with Gasteiger partial charge in [-0.2, -0.15) is 0 Å². The van der Waals surface area contributed by atoms with Crippen molar-refractivity contribution in [2.24, 2.45) is 11.7 Å². The first-order valence-electron chi connectivity index (χ1n) is 13.9. The second kappa shape index (κ2) is 19.8. The summed E-state index contributed by atoms with van der Waals surface area (Å²) in [7, 11) is 0. The Morgan fingerprint density at radius 1 is 0.622 bits per heavy atom. The molecular formula is C27H51NO9. The highest BCUT2D eigenvalue weighted by atomic mass is 16.7. The van der Waals surface area contributed by atoms with Gasteiger partial charge >= 0.3 is 18.5 Å². The first kappa shape index (κ1) is 34.8. The standard InChI is InChI=1S/C27H51NO9/c1-8-12-13-14-15-16-17-18-19-23(20(5)35-24(29)32-9-2)27(28,21(6)36-25(30)33-10-3)22(7)37-26(31)34-11-4/h20-23H,8-19,28H2,1-7H3. The van der Waals surface area contributed by atoms with Crippen LogP contribution in [0, 0.1) is 5.92 Å². The van der Waals surface area contributed by atoms with Crippen molar-refractivity contribution < 1.29 is 42.8 Å². The van der Waals surface area contributed by atoms with Crippen molar-refractivity contribution in [2.45, 2.75) is 130 Å². The fraction of sp³-hybridized carbons (Fsp3) is 0.889. The van der Waals surface area contributed by atoms with Gasteiger partial charge < -0.3 is 34.2 Å². The summed E-state index contributed by atoms with van der Waals surface area (Å²) in [5.74, 6) is -0.550. The molecule has 0 aromatic rings. The molecule has 37 heavy (non-hydrogen) atoms. The number of carbonyl (C=O) groups is 3. The van der Waals surface area contributed by atoms with Crippen molar-refractivity contribution in [1.29, 1.82) is 0 Å². The average molecular weight is 534 g/mol. The molecule has 2 N–H and O–H groups in total. The molecule has 0 amide bonds. The first-order valence-corrected chi connectivity index (χ1v) is 13.9. The Bertz CT molecular complexity index is 617. The molecule has 0 spiro atoms. The molecule has 0 saturated heterocycles. The summed E-state index contributed by atoms with van der Waals surface area (Å²) in [6.07, 6.45) is 4.18. The van der Waals surface area contributed by atoms with Crippen molar-refractivity contribution in [3.63, 3.8) is 0 Å². The lowest BCUT2D eigenvalue weighted by Crippen LogP contribution is -2.66. The van der Waals surface area contributed by atoms with Crippen molar-refractivity contribution >= 4 is 18.5 Å². The molecule has 10 nitrogen and oxygen atoms in total. The summed E-state index contributed by atoms with van der Waals surface area (Å²) in [5.41, 5.74) is 5.53. The van der Waals surface area contributed by atoms with Crippen molar-refractivity contribution in [1.82, 2.24) is 0 Å². The molecule has 0 heterocycles. The SMILES string of the molecule is CCCCCCCCCCC(C(C)OC(=O)OCC)C(N)(C(C)OC(=O)OCC)C(C)OC(=O)OCC. The maximum absolute atomic E-state index is 12.2. The van der Waals surface area contributed by atoms with Crippen LogP contribution in [0.2, 0.25) is 0 Å². The summed E-state index contributed by atoms with van der Waals surface area (Å²) >= 11 is 0. The van der Waals surface area contributed by atoms with Crippen molar-refractivity contribution in [3.8, 4) is 0 Å². The van der Waals surface area contributed by atoms with Gasteiger partial charge in [-0.15, -0.1) is 0 Å². The van der Waals surface area contributed by atoms with Gasteiger partial charge in [0.2, 0.25) is 0 Å². The van der Waals surface area contributed by atoms with Gasteiger partial charge in [0.1, 0.15) is 18.3 Å². The zero-order chi connectivity index (χ0) is 28.3. The molecule has 10 heteroatoms. The van der Waals surface area contributed by atoms with Gasteiger partial charge in [0, 0.05) is 5.92 Å². The summed E-state index contributed by atoms with van der Waals surface area (Å²) in [6, 6.07) is 0. The minimum Gasteiger partial charge on any atom is -0.435 e. The fourth-order valence-corrected chi connectivity index (χ4v) is 4.51. The van der Waals surface area contributed by atoms with Crippen molar-refractivity contribution in [3.05, 3.63) is 0 Å². The van der Waals surface area contributed by atoms with Crippen LogP contribution in [0.25, 0.3) is 0 Å². The smallest absolute Gasteiger partial charge is 0.435 e. The third kappa shape index (κ3) is 13.2. The average Bonchev–Trinajstić information content (AvgIpc) is 2.82. The summed E-state index contributed by atoms with van der Waals surface area (Å²) in [5, 5.41) is 0. The summed E-state index contributed by atoms with van der Waals surface area (Å²) in [6.45, 7) is 12.5. The van der Waals surface area contributed by atoms with Gasteiger partial charge in [0.05, 0.1) is 25.4 Å². The maximum atomic E-state index is 12.2. The molecule has 218 valence electrons. The number of ether oxygens (including phenoxy) is 6. The Labute approximate surface area is 223 Å². The van der Waals surface area contributed by atoms with Crippen LogP contribution in [0.1, 0.15) is 106 Å². The van der Waals surface area contributed by atoms with E-state index in [2.05, 4.69) is 6.92 Å². The molecule has 4 unspecified atom stereocenters. The van der Waals surface area contributed by atoms with Crippen LogP contribution in [0.15, 0.2) is 0 Å². The van der Waals surface area contributed by atoms with Gasteiger partial charge in [-0.1, -0.05) is 58.3 Å². The van der Waals surface area contributed by atoms with E-state index >= 15 is 0 Å². The number of hydrogen-bond acceptors (Lipinski definition) is 10. The first-order chi connectivity index (χ1) is 17.6. The van der Waals surface area contributed by atoms with Crippen LogP contribution in [-0.4, -0.2) is 62.1 Å². The lowest BCUT2D eigenvalue weighted by Gasteiger charge is -2.46. The number of unbranched alkanes of at least 4 members (excludes halogenated alkanes) is 7. The summed E-state index contributed by atoms with van der Waals surface area (Å²) in [4.78, 5) is 36.5. The maximum Gasteiger partial charge on any atom is 0.508 e. The van der Waals surface area contributed by atoms with Crippen molar-refractivity contribution in [2.75, 3.05) is 19.8 Å². The van der Waals surface area contributed by atoms with Crippen LogP contribution in [0.3, 0.4) is 0 Å². The third-order valence-electron chi connectivity index (χ3n) is 6.60. The van der Waals surface area contributed by atoms with E-state index in [9.17, 15) is 14.4 Å². The minimum atomic E-state index is -1.44. The quantitative estimate of drug-likeness (QED) is 0.111. The lowest BCUT2D eigenvalue weighted by molar-refractivity contribution is -0.0989. The molecule has 4 atom stereocenters. The largest absolute Gasteiger partial charge is 0.508 e. The van der Waals surface area contributed by atoms with Crippen LogP contribution in [-0.2, 0) is 28.4 Å². The Balaban J connectivity index is 5.86. The predicted molar refractivity (Wildman–Crippen MR) is 140 cm³/mol. The third-order valence-corrected chi connectivity index (χ3v) is 6.60. The molecular weight excluding hydrogens is 482 g/mol. The van der Waals surface area contributed by atoms with E-state index < -0.39 is 48.2 Å². The highest BCUT2D eigenvalue weighted by Gasteiger charge is 2.51. The molecule has 0 aromatic heterocycles.